The van der Waals surface area contributed by atoms with Crippen molar-refractivity contribution in [3.63, 3.8) is 0 Å². The molecule has 0 spiro atoms. The van der Waals surface area contributed by atoms with Crippen LogP contribution in [0.4, 0.5) is 0 Å². The van der Waals surface area contributed by atoms with Crippen molar-refractivity contribution in [2.75, 3.05) is 0 Å². The summed E-state index contributed by atoms with van der Waals surface area (Å²) < 4.78 is 0.869. The lowest BCUT2D eigenvalue weighted by Crippen LogP contribution is -2.21. The summed E-state index contributed by atoms with van der Waals surface area (Å²) in [6.45, 7) is 0. The standard InChI is InChI=1S/C13H7BrN2O2/c14-8-4-7-2-1-3-9(12(7)15-6-8)10-5-11(17)16-13(10)18/h1-6H,(H,16,17,18). The molecule has 0 fully saturated rings. The number of carbonyl (C=O) groups is 2. The van der Waals surface area contributed by atoms with Crippen LogP contribution in [0.5, 0.6) is 0 Å². The molecule has 1 aromatic carbocycles. The largest absolute Gasteiger partial charge is 0.289 e. The number of carbonyl (C=O) groups excluding carboxylic acids is 2. The molecule has 1 N–H and O–H groups in total. The number of fused-ring (bicyclic) bond motifs is 1. The van der Waals surface area contributed by atoms with E-state index in [0.29, 0.717) is 16.7 Å². The number of amides is 2. The van der Waals surface area contributed by atoms with Crippen LogP contribution in [0.3, 0.4) is 0 Å². The zero-order chi connectivity index (χ0) is 12.7. The number of benzene rings is 1. The van der Waals surface area contributed by atoms with Gasteiger partial charge in [0.2, 0.25) is 0 Å². The molecule has 2 amide bonds. The average Bonchev–Trinajstić information content (AvgIpc) is 2.67. The third-order valence-corrected chi connectivity index (χ3v) is 3.16. The Morgan fingerprint density at radius 3 is 2.78 bits per heavy atom. The SMILES string of the molecule is O=C1C=C(c2cccc3cc(Br)cnc23)C(=O)N1. The van der Waals surface area contributed by atoms with Crippen molar-refractivity contribution in [2.24, 2.45) is 0 Å². The first-order chi connectivity index (χ1) is 8.65. The number of para-hydroxylation sites is 1. The summed E-state index contributed by atoms with van der Waals surface area (Å²) in [7, 11) is 0. The molecule has 1 aliphatic rings. The number of hydrogen-bond donors (Lipinski definition) is 1. The Labute approximate surface area is 111 Å². The highest BCUT2D eigenvalue weighted by atomic mass is 79.9. The number of halogens is 1. The van der Waals surface area contributed by atoms with Crippen LogP contribution in [0.25, 0.3) is 16.5 Å². The van der Waals surface area contributed by atoms with E-state index in [2.05, 4.69) is 26.2 Å². The summed E-state index contributed by atoms with van der Waals surface area (Å²) >= 11 is 3.35. The fraction of sp³-hybridized carbons (Fsp3) is 0. The highest BCUT2D eigenvalue weighted by Gasteiger charge is 2.23. The maximum Gasteiger partial charge on any atom is 0.258 e. The Morgan fingerprint density at radius 1 is 1.22 bits per heavy atom. The number of rotatable bonds is 1. The number of aromatic nitrogens is 1. The number of pyridine rings is 1. The summed E-state index contributed by atoms with van der Waals surface area (Å²) in [5, 5.41) is 3.15. The normalized spacial score (nSPS) is 14.8. The van der Waals surface area contributed by atoms with Gasteiger partial charge in [0.05, 0.1) is 11.1 Å². The third-order valence-electron chi connectivity index (χ3n) is 2.72. The number of hydrogen-bond acceptors (Lipinski definition) is 3. The van der Waals surface area contributed by atoms with Gasteiger partial charge in [-0.25, -0.2) is 0 Å². The van der Waals surface area contributed by atoms with Crippen LogP contribution in [0.15, 0.2) is 41.0 Å². The summed E-state index contributed by atoms with van der Waals surface area (Å²) in [4.78, 5) is 27.2. The zero-order valence-corrected chi connectivity index (χ0v) is 10.7. The number of imide groups is 1. The fourth-order valence-electron chi connectivity index (χ4n) is 1.96. The van der Waals surface area contributed by atoms with E-state index in [0.717, 1.165) is 9.86 Å². The molecule has 4 nitrogen and oxygen atoms in total. The van der Waals surface area contributed by atoms with E-state index in [4.69, 9.17) is 0 Å². The monoisotopic (exact) mass is 302 g/mol. The summed E-state index contributed by atoms with van der Waals surface area (Å²) in [5.74, 6) is -0.763. The molecule has 0 aliphatic carbocycles. The lowest BCUT2D eigenvalue weighted by Gasteiger charge is -2.05. The lowest BCUT2D eigenvalue weighted by molar-refractivity contribution is -0.123. The molecule has 3 rings (SSSR count). The lowest BCUT2D eigenvalue weighted by atomic mass is 10.0. The second kappa shape index (κ2) is 4.03. The summed E-state index contributed by atoms with van der Waals surface area (Å²) in [6, 6.07) is 7.45. The number of nitrogens with one attached hydrogen (secondary N) is 1. The van der Waals surface area contributed by atoms with E-state index >= 15 is 0 Å². The third kappa shape index (κ3) is 1.73. The van der Waals surface area contributed by atoms with E-state index in [-0.39, 0.29) is 11.8 Å². The van der Waals surface area contributed by atoms with Crippen molar-refractivity contribution in [1.82, 2.24) is 10.3 Å². The second-order valence-electron chi connectivity index (χ2n) is 3.91. The van der Waals surface area contributed by atoms with E-state index in [1.807, 2.05) is 18.2 Å². The molecule has 0 atom stereocenters. The molecule has 0 radical (unpaired) electrons. The van der Waals surface area contributed by atoms with Gasteiger partial charge >= 0.3 is 0 Å². The molecule has 0 saturated carbocycles. The van der Waals surface area contributed by atoms with Gasteiger partial charge in [-0.1, -0.05) is 18.2 Å². The molecular weight excluding hydrogens is 296 g/mol. The van der Waals surface area contributed by atoms with Crippen LogP contribution < -0.4 is 5.32 Å². The van der Waals surface area contributed by atoms with Crippen LogP contribution in [0.2, 0.25) is 0 Å². The van der Waals surface area contributed by atoms with Crippen molar-refractivity contribution < 1.29 is 9.59 Å². The van der Waals surface area contributed by atoms with E-state index in [1.54, 1.807) is 12.3 Å². The Morgan fingerprint density at radius 2 is 2.06 bits per heavy atom. The van der Waals surface area contributed by atoms with Gasteiger partial charge in [0.15, 0.2) is 0 Å². The van der Waals surface area contributed by atoms with Gasteiger partial charge in [-0.15, -0.1) is 0 Å². The minimum atomic E-state index is -0.385. The highest BCUT2D eigenvalue weighted by molar-refractivity contribution is 9.10. The molecule has 18 heavy (non-hydrogen) atoms. The molecule has 2 heterocycles. The Hall–Kier alpha value is -2.01. The van der Waals surface area contributed by atoms with Gasteiger partial charge in [0.1, 0.15) is 0 Å². The topological polar surface area (TPSA) is 59.1 Å². The van der Waals surface area contributed by atoms with Gasteiger partial charge in [0.25, 0.3) is 11.8 Å². The molecule has 0 bridgehead atoms. The van der Waals surface area contributed by atoms with Crippen LogP contribution >= 0.6 is 15.9 Å². The van der Waals surface area contributed by atoms with Gasteiger partial charge in [-0.3, -0.25) is 19.9 Å². The van der Waals surface area contributed by atoms with Crippen LogP contribution in [0.1, 0.15) is 5.56 Å². The molecule has 1 aliphatic heterocycles. The van der Waals surface area contributed by atoms with Gasteiger partial charge in [0, 0.05) is 27.7 Å². The van der Waals surface area contributed by atoms with Gasteiger partial charge in [-0.2, -0.15) is 0 Å². The predicted molar refractivity (Wildman–Crippen MR) is 70.6 cm³/mol. The van der Waals surface area contributed by atoms with E-state index in [9.17, 15) is 9.59 Å². The van der Waals surface area contributed by atoms with Crippen LogP contribution in [-0.2, 0) is 9.59 Å². The predicted octanol–water partition coefficient (Wildman–Crippen LogP) is 2.04. The quantitative estimate of drug-likeness (QED) is 0.820. The first-order valence-electron chi connectivity index (χ1n) is 5.27. The molecule has 2 aromatic rings. The van der Waals surface area contributed by atoms with Gasteiger partial charge in [-0.05, 0) is 22.0 Å². The molecule has 0 saturated heterocycles. The van der Waals surface area contributed by atoms with E-state index in [1.165, 1.54) is 6.08 Å². The smallest absolute Gasteiger partial charge is 0.258 e. The summed E-state index contributed by atoms with van der Waals surface area (Å²) in [5.41, 5.74) is 1.74. The van der Waals surface area contributed by atoms with Gasteiger partial charge < -0.3 is 0 Å². The Balaban J connectivity index is 2.27. The first-order valence-corrected chi connectivity index (χ1v) is 6.06. The second-order valence-corrected chi connectivity index (χ2v) is 4.82. The maximum atomic E-state index is 11.7. The van der Waals surface area contributed by atoms with Crippen molar-refractivity contribution in [3.8, 4) is 0 Å². The minimum absolute atomic E-state index is 0.362. The Bertz CT molecular complexity index is 722. The van der Waals surface area contributed by atoms with Crippen molar-refractivity contribution in [3.05, 3.63) is 46.6 Å². The van der Waals surface area contributed by atoms with Crippen molar-refractivity contribution >= 4 is 44.2 Å². The molecular formula is C13H7BrN2O2. The van der Waals surface area contributed by atoms with Crippen LogP contribution in [-0.4, -0.2) is 16.8 Å². The van der Waals surface area contributed by atoms with Crippen molar-refractivity contribution in [2.45, 2.75) is 0 Å². The fourth-order valence-corrected chi connectivity index (χ4v) is 2.31. The van der Waals surface area contributed by atoms with E-state index < -0.39 is 0 Å². The molecule has 5 heteroatoms. The molecule has 1 aromatic heterocycles. The van der Waals surface area contributed by atoms with Crippen LogP contribution in [0, 0.1) is 0 Å². The zero-order valence-electron chi connectivity index (χ0n) is 9.11. The maximum absolute atomic E-state index is 11.7. The minimum Gasteiger partial charge on any atom is -0.289 e. The summed E-state index contributed by atoms with van der Waals surface area (Å²) in [6.07, 6.45) is 2.97. The highest BCUT2D eigenvalue weighted by Crippen LogP contribution is 2.27. The van der Waals surface area contributed by atoms with Crippen molar-refractivity contribution in [1.29, 1.82) is 0 Å². The number of nitrogens with zero attached hydrogens (tertiary/aromatic N) is 1. The first kappa shape index (κ1) is 11.1. The Kier molecular flexibility index (Phi) is 2.48. The molecule has 88 valence electrons. The average molecular weight is 303 g/mol. The molecule has 0 unspecified atom stereocenters.